The zero-order valence-electron chi connectivity index (χ0n) is 14.0. The molecule has 0 aliphatic heterocycles. The number of aryl methyl sites for hydroxylation is 1. The summed E-state index contributed by atoms with van der Waals surface area (Å²) in [5, 5.41) is 10.2. The average molecular weight is 316 g/mol. The first kappa shape index (κ1) is 19.2. The van der Waals surface area contributed by atoms with Crippen LogP contribution in [0.3, 0.4) is 0 Å². The fourth-order valence-corrected chi connectivity index (χ4v) is 2.44. The first-order valence-electron chi connectivity index (χ1n) is 8.75. The molecule has 1 aromatic heterocycles. The van der Waals surface area contributed by atoms with Crippen LogP contribution in [-0.2, 0) is 6.42 Å². The highest BCUT2D eigenvalue weighted by Crippen LogP contribution is 2.09. The third-order valence-electron chi connectivity index (χ3n) is 3.78. The summed E-state index contributed by atoms with van der Waals surface area (Å²) in [6.45, 7) is 0.124. The van der Waals surface area contributed by atoms with Gasteiger partial charge in [0.1, 0.15) is 0 Å². The van der Waals surface area contributed by atoms with Crippen molar-refractivity contribution in [2.45, 2.75) is 70.6 Å². The maximum atomic E-state index is 10.2. The molecule has 1 rings (SSSR count). The van der Waals surface area contributed by atoms with Crippen molar-refractivity contribution in [2.75, 3.05) is 6.54 Å². The zero-order valence-corrected chi connectivity index (χ0v) is 14.0. The van der Waals surface area contributed by atoms with Crippen molar-refractivity contribution in [2.24, 2.45) is 0 Å². The van der Waals surface area contributed by atoms with Crippen LogP contribution in [0.15, 0.2) is 24.5 Å². The van der Waals surface area contributed by atoms with Crippen molar-refractivity contribution in [3.8, 4) is 11.8 Å². The molecule has 0 saturated carbocycles. The van der Waals surface area contributed by atoms with Crippen LogP contribution in [0.5, 0.6) is 0 Å². The number of nitro groups is 1. The molecule has 0 atom stereocenters. The lowest BCUT2D eigenvalue weighted by molar-refractivity contribution is -0.480. The van der Waals surface area contributed by atoms with Crippen molar-refractivity contribution in [1.29, 1.82) is 0 Å². The topological polar surface area (TPSA) is 56.0 Å². The summed E-state index contributed by atoms with van der Waals surface area (Å²) >= 11 is 0. The Balaban J connectivity index is 1.83. The molecular weight excluding hydrogens is 288 g/mol. The van der Waals surface area contributed by atoms with Crippen LogP contribution >= 0.6 is 0 Å². The van der Waals surface area contributed by atoms with E-state index in [0.717, 1.165) is 38.5 Å². The minimum Gasteiger partial charge on any atom is -0.265 e. The zero-order chi connectivity index (χ0) is 16.6. The average Bonchev–Trinajstić information content (AvgIpc) is 2.56. The molecule has 4 heteroatoms. The summed E-state index contributed by atoms with van der Waals surface area (Å²) in [4.78, 5) is 14.0. The van der Waals surface area contributed by atoms with Crippen molar-refractivity contribution in [3.05, 3.63) is 40.2 Å². The molecule has 0 unspecified atom stereocenters. The maximum Gasteiger partial charge on any atom is 0.203 e. The number of unbranched alkanes of at least 4 members (excludes halogenated alkanes) is 8. The molecule has 0 saturated heterocycles. The van der Waals surface area contributed by atoms with E-state index in [9.17, 15) is 10.1 Å². The van der Waals surface area contributed by atoms with Gasteiger partial charge in [-0.2, -0.15) is 0 Å². The summed E-state index contributed by atoms with van der Waals surface area (Å²) in [6, 6.07) is 4.05. The van der Waals surface area contributed by atoms with E-state index in [-0.39, 0.29) is 11.5 Å². The second-order valence-electron chi connectivity index (χ2n) is 5.85. The minimum atomic E-state index is -0.224. The molecule has 0 aliphatic carbocycles. The van der Waals surface area contributed by atoms with Gasteiger partial charge in [0.25, 0.3) is 0 Å². The summed E-state index contributed by atoms with van der Waals surface area (Å²) in [6.07, 6.45) is 15.6. The molecule has 0 fully saturated rings. The summed E-state index contributed by atoms with van der Waals surface area (Å²) in [5.74, 6) is 6.49. The molecule has 0 amide bonds. The Morgan fingerprint density at radius 2 is 1.61 bits per heavy atom. The van der Waals surface area contributed by atoms with E-state index < -0.39 is 0 Å². The molecule has 0 spiro atoms. The van der Waals surface area contributed by atoms with Crippen LogP contribution in [-0.4, -0.2) is 16.5 Å². The Hall–Kier alpha value is -1.89. The van der Waals surface area contributed by atoms with Crippen LogP contribution in [0.25, 0.3) is 0 Å². The summed E-state index contributed by atoms with van der Waals surface area (Å²) in [7, 11) is 0. The molecule has 0 N–H and O–H groups in total. The van der Waals surface area contributed by atoms with Gasteiger partial charge >= 0.3 is 0 Å². The predicted octanol–water partition coefficient (Wildman–Crippen LogP) is 4.81. The largest absolute Gasteiger partial charge is 0.265 e. The van der Waals surface area contributed by atoms with Gasteiger partial charge in [0.15, 0.2) is 0 Å². The highest BCUT2D eigenvalue weighted by Gasteiger charge is 1.96. The van der Waals surface area contributed by atoms with Crippen LogP contribution in [0, 0.1) is 22.0 Å². The van der Waals surface area contributed by atoms with Gasteiger partial charge in [0, 0.05) is 36.6 Å². The van der Waals surface area contributed by atoms with Crippen molar-refractivity contribution >= 4 is 0 Å². The third kappa shape index (κ3) is 12.3. The molecule has 0 bridgehead atoms. The van der Waals surface area contributed by atoms with E-state index in [4.69, 9.17) is 0 Å². The monoisotopic (exact) mass is 316 g/mol. The number of rotatable bonds is 12. The Morgan fingerprint density at radius 1 is 0.957 bits per heavy atom. The van der Waals surface area contributed by atoms with E-state index in [1.807, 2.05) is 12.3 Å². The van der Waals surface area contributed by atoms with E-state index in [1.165, 1.54) is 37.7 Å². The highest BCUT2D eigenvalue weighted by atomic mass is 16.6. The van der Waals surface area contributed by atoms with Gasteiger partial charge in [0.05, 0.1) is 0 Å². The van der Waals surface area contributed by atoms with Crippen molar-refractivity contribution in [3.63, 3.8) is 0 Å². The normalized spacial score (nSPS) is 10.1. The smallest absolute Gasteiger partial charge is 0.203 e. The second-order valence-corrected chi connectivity index (χ2v) is 5.85. The molecule has 0 aromatic carbocycles. The summed E-state index contributed by atoms with van der Waals surface area (Å²) in [5.41, 5.74) is 1.25. The number of hydrogen-bond donors (Lipinski definition) is 0. The fraction of sp³-hybridized carbons (Fsp3) is 0.632. The standard InChI is InChI=1S/C19H28N2O2/c22-21(23)17-12-10-8-6-4-2-1-3-5-7-9-11-14-19-15-13-16-20-18-19/h13,15-16,18H,1-6,8,10-12,14,17H2. The lowest BCUT2D eigenvalue weighted by Crippen LogP contribution is -1.99. The fourth-order valence-electron chi connectivity index (χ4n) is 2.44. The Morgan fingerprint density at radius 3 is 2.26 bits per heavy atom. The van der Waals surface area contributed by atoms with Gasteiger partial charge in [0.2, 0.25) is 6.54 Å². The van der Waals surface area contributed by atoms with Gasteiger partial charge in [-0.1, -0.05) is 38.2 Å². The number of aromatic nitrogens is 1. The van der Waals surface area contributed by atoms with E-state index in [1.54, 1.807) is 6.20 Å². The number of nitrogens with zero attached hydrogens (tertiary/aromatic N) is 2. The van der Waals surface area contributed by atoms with Gasteiger partial charge in [-0.05, 0) is 30.9 Å². The third-order valence-corrected chi connectivity index (χ3v) is 3.78. The van der Waals surface area contributed by atoms with E-state index in [0.29, 0.717) is 0 Å². The Kier molecular flexibility index (Phi) is 11.5. The molecule has 4 nitrogen and oxygen atoms in total. The minimum absolute atomic E-state index is 0.124. The van der Waals surface area contributed by atoms with Crippen LogP contribution in [0.2, 0.25) is 0 Å². The SMILES string of the molecule is O=[N+]([O-])CCCCCCCCCCC#CCCc1cccnc1. The van der Waals surface area contributed by atoms with Gasteiger partial charge in [-0.3, -0.25) is 15.1 Å². The Bertz CT molecular complexity index is 477. The number of pyridine rings is 1. The van der Waals surface area contributed by atoms with Gasteiger partial charge < -0.3 is 0 Å². The first-order chi connectivity index (χ1) is 11.3. The first-order valence-corrected chi connectivity index (χ1v) is 8.75. The highest BCUT2D eigenvalue weighted by molar-refractivity contribution is 5.11. The predicted molar refractivity (Wildman–Crippen MR) is 93.7 cm³/mol. The van der Waals surface area contributed by atoms with Crippen molar-refractivity contribution in [1.82, 2.24) is 4.98 Å². The number of hydrogen-bond acceptors (Lipinski definition) is 3. The van der Waals surface area contributed by atoms with Crippen LogP contribution in [0.1, 0.15) is 69.8 Å². The van der Waals surface area contributed by atoms with Crippen LogP contribution in [0.4, 0.5) is 0 Å². The van der Waals surface area contributed by atoms with Crippen LogP contribution < -0.4 is 0 Å². The molecule has 0 aliphatic rings. The van der Waals surface area contributed by atoms with E-state index >= 15 is 0 Å². The Labute approximate surface area is 139 Å². The maximum absolute atomic E-state index is 10.2. The molecular formula is C19H28N2O2. The lowest BCUT2D eigenvalue weighted by atomic mass is 10.1. The molecule has 1 aromatic rings. The lowest BCUT2D eigenvalue weighted by Gasteiger charge is -1.99. The van der Waals surface area contributed by atoms with E-state index in [2.05, 4.69) is 22.9 Å². The molecule has 23 heavy (non-hydrogen) atoms. The molecule has 0 radical (unpaired) electrons. The second kappa shape index (κ2) is 13.8. The van der Waals surface area contributed by atoms with Gasteiger partial charge in [-0.15, -0.1) is 11.8 Å². The van der Waals surface area contributed by atoms with Crippen molar-refractivity contribution < 1.29 is 4.92 Å². The molecule has 126 valence electrons. The summed E-state index contributed by atoms with van der Waals surface area (Å²) < 4.78 is 0. The molecule has 1 heterocycles. The van der Waals surface area contributed by atoms with Gasteiger partial charge in [-0.25, -0.2) is 0 Å². The quantitative estimate of drug-likeness (QED) is 0.241.